The Balaban J connectivity index is 1.65. The second-order valence-electron chi connectivity index (χ2n) is 7.90. The fourth-order valence-electron chi connectivity index (χ4n) is 3.44. The van der Waals surface area contributed by atoms with Crippen LogP contribution in [0.3, 0.4) is 0 Å². The lowest BCUT2D eigenvalue weighted by atomic mass is 10.1. The first kappa shape index (κ1) is 24.2. The van der Waals surface area contributed by atoms with Gasteiger partial charge in [0.1, 0.15) is 11.9 Å². The van der Waals surface area contributed by atoms with Crippen molar-refractivity contribution in [2.75, 3.05) is 11.9 Å². The van der Waals surface area contributed by atoms with Crippen LogP contribution >= 0.6 is 0 Å². The van der Waals surface area contributed by atoms with E-state index in [2.05, 4.69) is 21.0 Å². The molecule has 0 radical (unpaired) electrons. The van der Waals surface area contributed by atoms with Gasteiger partial charge in [-0.2, -0.15) is 13.2 Å². The number of hydrogen-bond acceptors (Lipinski definition) is 4. The van der Waals surface area contributed by atoms with Crippen LogP contribution in [-0.2, 0) is 16.1 Å². The number of carbonyl (C=O) groups excluding carboxylic acids is 2. The summed E-state index contributed by atoms with van der Waals surface area (Å²) < 4.78 is 59.1. The summed E-state index contributed by atoms with van der Waals surface area (Å²) in [4.78, 5) is 23.8. The minimum atomic E-state index is -4.54. The second kappa shape index (κ2) is 9.74. The number of urea groups is 1. The van der Waals surface area contributed by atoms with Gasteiger partial charge in [0.05, 0.1) is 18.0 Å². The van der Waals surface area contributed by atoms with Gasteiger partial charge in [0, 0.05) is 18.2 Å². The Morgan fingerprint density at radius 2 is 1.97 bits per heavy atom. The molecular formula is C23H21F4N5O3. The van der Waals surface area contributed by atoms with Gasteiger partial charge in [-0.05, 0) is 42.8 Å². The smallest absolute Gasteiger partial charge is 0.364 e. The Labute approximate surface area is 197 Å². The van der Waals surface area contributed by atoms with E-state index < -0.39 is 42.7 Å². The van der Waals surface area contributed by atoms with Crippen molar-refractivity contribution in [2.45, 2.75) is 31.9 Å². The van der Waals surface area contributed by atoms with Crippen LogP contribution in [0, 0.1) is 5.82 Å². The number of ether oxygens (including phenoxy) is 1. The molecule has 0 aliphatic carbocycles. The number of hydrogen-bond donors (Lipinski definition) is 3. The lowest BCUT2D eigenvalue weighted by Crippen LogP contribution is -2.38. The van der Waals surface area contributed by atoms with Gasteiger partial charge in [-0.25, -0.2) is 13.9 Å². The lowest BCUT2D eigenvalue weighted by molar-refractivity contribution is -0.217. The first-order valence-electron chi connectivity index (χ1n) is 10.6. The molecule has 0 bridgehead atoms. The van der Waals surface area contributed by atoms with Crippen LogP contribution in [-0.4, -0.2) is 46.6 Å². The molecule has 2 heterocycles. The number of alkyl halides is 3. The highest BCUT2D eigenvalue weighted by molar-refractivity contribution is 5.98. The number of rotatable bonds is 7. The molecule has 4 rings (SSSR count). The molecule has 1 fully saturated rings. The maximum absolute atomic E-state index is 14.4. The zero-order valence-electron chi connectivity index (χ0n) is 18.4. The summed E-state index contributed by atoms with van der Waals surface area (Å²) in [5.74, 6) is -1.03. The highest BCUT2D eigenvalue weighted by Crippen LogP contribution is 2.29. The monoisotopic (exact) mass is 491 g/mol. The van der Waals surface area contributed by atoms with Crippen LogP contribution in [0.25, 0.3) is 16.9 Å². The van der Waals surface area contributed by atoms with E-state index in [0.29, 0.717) is 16.9 Å². The highest BCUT2D eigenvalue weighted by atomic mass is 19.4. The van der Waals surface area contributed by atoms with Gasteiger partial charge in [-0.15, -0.1) is 5.10 Å². The van der Waals surface area contributed by atoms with Crippen molar-refractivity contribution in [3.05, 3.63) is 66.0 Å². The quantitative estimate of drug-likeness (QED) is 0.439. The molecule has 1 aliphatic rings. The molecule has 1 aromatic heterocycles. The van der Waals surface area contributed by atoms with Gasteiger partial charge in [0.25, 0.3) is 0 Å². The van der Waals surface area contributed by atoms with E-state index in [1.54, 1.807) is 30.3 Å². The predicted octanol–water partition coefficient (Wildman–Crippen LogP) is 3.77. The minimum Gasteiger partial charge on any atom is -0.364 e. The van der Waals surface area contributed by atoms with Gasteiger partial charge < -0.3 is 20.7 Å². The number of carbonyl (C=O) groups is 2. The Kier molecular flexibility index (Phi) is 6.74. The number of nitrogens with zero attached hydrogens (tertiary/aromatic N) is 2. The molecular weight excluding hydrogens is 470 g/mol. The molecule has 0 unspecified atom stereocenters. The molecule has 3 aromatic rings. The van der Waals surface area contributed by atoms with Crippen molar-refractivity contribution in [1.82, 2.24) is 20.4 Å². The first-order valence-corrected chi connectivity index (χ1v) is 10.6. The molecule has 3 amide bonds. The van der Waals surface area contributed by atoms with Gasteiger partial charge in [0.15, 0.2) is 11.9 Å². The number of para-hydroxylation sites is 1. The third-order valence-corrected chi connectivity index (χ3v) is 5.26. The predicted molar refractivity (Wildman–Crippen MR) is 118 cm³/mol. The number of benzene rings is 2. The number of amides is 3. The van der Waals surface area contributed by atoms with Crippen molar-refractivity contribution in [3.8, 4) is 16.9 Å². The van der Waals surface area contributed by atoms with Crippen molar-refractivity contribution in [2.24, 2.45) is 0 Å². The fourth-order valence-corrected chi connectivity index (χ4v) is 3.44. The normalized spacial score (nSPS) is 16.5. The molecule has 3 N–H and O–H groups in total. The van der Waals surface area contributed by atoms with E-state index in [4.69, 9.17) is 4.74 Å². The molecule has 8 nitrogen and oxygen atoms in total. The van der Waals surface area contributed by atoms with E-state index in [1.807, 2.05) is 0 Å². The van der Waals surface area contributed by atoms with E-state index in [-0.39, 0.29) is 17.9 Å². The summed E-state index contributed by atoms with van der Waals surface area (Å²) in [6.07, 6.45) is -6.56. The molecule has 184 valence electrons. The molecule has 1 saturated heterocycles. The number of aromatic nitrogens is 2. The molecule has 2 atom stereocenters. The molecule has 1 aliphatic heterocycles. The number of anilines is 1. The average molecular weight is 491 g/mol. The minimum absolute atomic E-state index is 0.112. The maximum atomic E-state index is 14.4. The second-order valence-corrected chi connectivity index (χ2v) is 7.90. The van der Waals surface area contributed by atoms with Crippen molar-refractivity contribution in [3.63, 3.8) is 0 Å². The maximum Gasteiger partial charge on any atom is 0.414 e. The van der Waals surface area contributed by atoms with Crippen LogP contribution < -0.4 is 16.0 Å². The summed E-state index contributed by atoms with van der Waals surface area (Å²) in [5, 5.41) is 12.0. The van der Waals surface area contributed by atoms with Gasteiger partial charge in [-0.1, -0.05) is 18.2 Å². The Morgan fingerprint density at radius 3 is 2.63 bits per heavy atom. The molecule has 12 heteroatoms. The van der Waals surface area contributed by atoms with Crippen LogP contribution in [0.1, 0.15) is 12.5 Å². The van der Waals surface area contributed by atoms with Crippen molar-refractivity contribution in [1.29, 1.82) is 0 Å². The van der Waals surface area contributed by atoms with E-state index >= 15 is 0 Å². The molecule has 35 heavy (non-hydrogen) atoms. The van der Waals surface area contributed by atoms with E-state index in [1.165, 1.54) is 22.9 Å². The largest absolute Gasteiger partial charge is 0.414 e. The van der Waals surface area contributed by atoms with Crippen LogP contribution in [0.4, 0.5) is 28.2 Å². The zero-order valence-corrected chi connectivity index (χ0v) is 18.4. The Bertz CT molecular complexity index is 1230. The third-order valence-electron chi connectivity index (χ3n) is 5.26. The summed E-state index contributed by atoms with van der Waals surface area (Å²) in [6.45, 7) is 0.533. The molecule has 0 spiro atoms. The van der Waals surface area contributed by atoms with Gasteiger partial charge in [0.2, 0.25) is 5.91 Å². The summed E-state index contributed by atoms with van der Waals surface area (Å²) >= 11 is 0. The van der Waals surface area contributed by atoms with Crippen molar-refractivity contribution < 1.29 is 31.9 Å². The van der Waals surface area contributed by atoms with Crippen LogP contribution in [0.2, 0.25) is 0 Å². The van der Waals surface area contributed by atoms with E-state index in [9.17, 15) is 27.2 Å². The Hall–Kier alpha value is -3.93. The van der Waals surface area contributed by atoms with E-state index in [0.717, 1.165) is 13.0 Å². The molecule has 0 saturated carbocycles. The van der Waals surface area contributed by atoms with Gasteiger partial charge in [-0.3, -0.25) is 4.79 Å². The first-order chi connectivity index (χ1) is 16.6. The topological polar surface area (TPSA) is 97.3 Å². The number of nitrogens with one attached hydrogen (secondary N) is 3. The molecule has 2 aromatic carbocycles. The third kappa shape index (κ3) is 5.77. The zero-order chi connectivity index (χ0) is 25.2. The highest BCUT2D eigenvalue weighted by Gasteiger charge is 2.37. The summed E-state index contributed by atoms with van der Waals surface area (Å²) in [5.41, 5.74) is 1.49. The van der Waals surface area contributed by atoms with Crippen LogP contribution in [0.5, 0.6) is 0 Å². The average Bonchev–Trinajstić information content (AvgIpc) is 3.43. The van der Waals surface area contributed by atoms with Crippen LogP contribution in [0.15, 0.2) is 54.6 Å². The lowest BCUT2D eigenvalue weighted by Gasteiger charge is -2.16. The Morgan fingerprint density at radius 1 is 1.23 bits per heavy atom. The fraction of sp³-hybridized carbons (Fsp3) is 0.261. The standard InChI is InChI=1S/C23H21F4N5O3/c1-13(23(25,26)27)35-12-14-7-15(9-16(24)8-14)19-10-20(30-21(33)18-11-28-22(34)29-18)31-32(19)17-5-3-2-4-6-17/h2-10,13,18H,11-12H2,1H3,(H2,28,29,34)(H,30,31,33)/t13-,18-/m1/s1. The number of halogens is 4. The van der Waals surface area contributed by atoms with Crippen molar-refractivity contribution >= 4 is 17.8 Å². The summed E-state index contributed by atoms with van der Waals surface area (Å²) in [6, 6.07) is 12.9. The SMILES string of the molecule is C[C@@H](OCc1cc(F)cc(-c2cc(NC(=O)[C@H]3CNC(=O)N3)nn2-c2ccccc2)c1)C(F)(F)F. The van der Waals surface area contributed by atoms with Gasteiger partial charge >= 0.3 is 12.2 Å². The summed E-state index contributed by atoms with van der Waals surface area (Å²) in [7, 11) is 0.